The standard InChI is InChI=1S/C19H23N3O3/c1-24-16-10-9-14(13-17(16)25-2)20-19(23)15-7-6-8-18(21-15)22-11-4-3-5-12-22/h6-10,13H,3-5,11-12H2,1-2H3,(H,20,23). The molecule has 2 aromatic rings. The molecule has 0 radical (unpaired) electrons. The predicted octanol–water partition coefficient (Wildman–Crippen LogP) is 3.34. The lowest BCUT2D eigenvalue weighted by atomic mass is 10.1. The van der Waals surface area contributed by atoms with Gasteiger partial charge in [0.1, 0.15) is 11.5 Å². The van der Waals surface area contributed by atoms with Gasteiger partial charge >= 0.3 is 0 Å². The van der Waals surface area contributed by atoms with Gasteiger partial charge in [0.2, 0.25) is 0 Å². The average molecular weight is 341 g/mol. The summed E-state index contributed by atoms with van der Waals surface area (Å²) < 4.78 is 10.5. The van der Waals surface area contributed by atoms with Crippen molar-refractivity contribution in [1.82, 2.24) is 4.98 Å². The minimum absolute atomic E-state index is 0.244. The van der Waals surface area contributed by atoms with E-state index in [-0.39, 0.29) is 5.91 Å². The zero-order chi connectivity index (χ0) is 17.6. The molecule has 1 aromatic heterocycles. The van der Waals surface area contributed by atoms with E-state index in [0.717, 1.165) is 18.9 Å². The molecule has 1 fully saturated rings. The van der Waals surface area contributed by atoms with Gasteiger partial charge in [0.15, 0.2) is 11.5 Å². The summed E-state index contributed by atoms with van der Waals surface area (Å²) in [7, 11) is 3.14. The van der Waals surface area contributed by atoms with Gasteiger partial charge in [0, 0.05) is 24.8 Å². The largest absolute Gasteiger partial charge is 0.493 e. The second kappa shape index (κ2) is 7.88. The van der Waals surface area contributed by atoms with Crippen LogP contribution >= 0.6 is 0 Å². The molecule has 1 aliphatic heterocycles. The van der Waals surface area contributed by atoms with Crippen LogP contribution in [-0.4, -0.2) is 38.2 Å². The van der Waals surface area contributed by atoms with Gasteiger partial charge in [-0.2, -0.15) is 0 Å². The van der Waals surface area contributed by atoms with Crippen molar-refractivity contribution >= 4 is 17.4 Å². The molecular formula is C19H23N3O3. The average Bonchev–Trinajstić information content (AvgIpc) is 2.68. The number of amides is 1. The van der Waals surface area contributed by atoms with Crippen molar-refractivity contribution in [3.63, 3.8) is 0 Å². The molecule has 6 nitrogen and oxygen atoms in total. The van der Waals surface area contributed by atoms with Crippen LogP contribution in [-0.2, 0) is 0 Å². The smallest absolute Gasteiger partial charge is 0.274 e. The molecule has 132 valence electrons. The number of anilines is 2. The Balaban J connectivity index is 1.75. The number of carbonyl (C=O) groups is 1. The molecule has 1 amide bonds. The summed E-state index contributed by atoms with van der Waals surface area (Å²) in [6.45, 7) is 1.99. The SMILES string of the molecule is COc1ccc(NC(=O)c2cccc(N3CCCCC3)n2)cc1OC. The minimum Gasteiger partial charge on any atom is -0.493 e. The van der Waals surface area contributed by atoms with E-state index >= 15 is 0 Å². The molecule has 1 N–H and O–H groups in total. The second-order valence-corrected chi connectivity index (χ2v) is 5.95. The van der Waals surface area contributed by atoms with Gasteiger partial charge in [-0.1, -0.05) is 6.07 Å². The second-order valence-electron chi connectivity index (χ2n) is 5.95. The Morgan fingerprint density at radius 1 is 1.04 bits per heavy atom. The van der Waals surface area contributed by atoms with Crippen molar-refractivity contribution < 1.29 is 14.3 Å². The summed E-state index contributed by atoms with van der Waals surface area (Å²) in [5.74, 6) is 1.80. The van der Waals surface area contributed by atoms with Crippen LogP contribution in [0.25, 0.3) is 0 Å². The van der Waals surface area contributed by atoms with E-state index in [4.69, 9.17) is 9.47 Å². The fraction of sp³-hybridized carbons (Fsp3) is 0.368. The van der Waals surface area contributed by atoms with Crippen LogP contribution in [0, 0.1) is 0 Å². The summed E-state index contributed by atoms with van der Waals surface area (Å²) in [4.78, 5) is 19.3. The molecule has 3 rings (SSSR count). The van der Waals surface area contributed by atoms with E-state index in [0.29, 0.717) is 22.9 Å². The monoisotopic (exact) mass is 341 g/mol. The van der Waals surface area contributed by atoms with Gasteiger partial charge in [-0.05, 0) is 43.5 Å². The highest BCUT2D eigenvalue weighted by atomic mass is 16.5. The highest BCUT2D eigenvalue weighted by molar-refractivity contribution is 6.03. The Morgan fingerprint density at radius 2 is 1.80 bits per heavy atom. The van der Waals surface area contributed by atoms with E-state index in [9.17, 15) is 4.79 Å². The van der Waals surface area contributed by atoms with Crippen LogP contribution in [0.3, 0.4) is 0 Å². The van der Waals surface area contributed by atoms with Crippen LogP contribution in [0.15, 0.2) is 36.4 Å². The first-order valence-corrected chi connectivity index (χ1v) is 8.46. The van der Waals surface area contributed by atoms with Gasteiger partial charge in [0.25, 0.3) is 5.91 Å². The minimum atomic E-state index is -0.244. The van der Waals surface area contributed by atoms with Gasteiger partial charge in [-0.25, -0.2) is 4.98 Å². The van der Waals surface area contributed by atoms with Crippen molar-refractivity contribution in [2.24, 2.45) is 0 Å². The first-order valence-electron chi connectivity index (χ1n) is 8.46. The third-order valence-corrected chi connectivity index (χ3v) is 4.29. The third-order valence-electron chi connectivity index (χ3n) is 4.29. The molecule has 0 unspecified atom stereocenters. The maximum atomic E-state index is 12.5. The fourth-order valence-electron chi connectivity index (χ4n) is 2.96. The van der Waals surface area contributed by atoms with E-state index in [1.165, 1.54) is 19.3 Å². The van der Waals surface area contributed by atoms with Crippen molar-refractivity contribution in [2.75, 3.05) is 37.5 Å². The number of benzene rings is 1. The zero-order valence-corrected chi connectivity index (χ0v) is 14.6. The Hall–Kier alpha value is -2.76. The predicted molar refractivity (Wildman–Crippen MR) is 97.8 cm³/mol. The van der Waals surface area contributed by atoms with Crippen LogP contribution in [0.5, 0.6) is 11.5 Å². The Kier molecular flexibility index (Phi) is 5.38. The van der Waals surface area contributed by atoms with Gasteiger partial charge in [-0.3, -0.25) is 4.79 Å². The number of nitrogens with one attached hydrogen (secondary N) is 1. The number of rotatable bonds is 5. The lowest BCUT2D eigenvalue weighted by Crippen LogP contribution is -2.30. The number of ether oxygens (including phenoxy) is 2. The fourth-order valence-corrected chi connectivity index (χ4v) is 2.96. The first kappa shape index (κ1) is 17.1. The summed E-state index contributed by atoms with van der Waals surface area (Å²) in [5, 5.41) is 2.86. The number of methoxy groups -OCH3 is 2. The van der Waals surface area contributed by atoms with E-state index in [1.807, 2.05) is 12.1 Å². The molecule has 2 heterocycles. The van der Waals surface area contributed by atoms with Crippen molar-refractivity contribution in [3.05, 3.63) is 42.1 Å². The molecule has 0 atom stereocenters. The van der Waals surface area contributed by atoms with Gasteiger partial charge in [-0.15, -0.1) is 0 Å². The molecule has 1 saturated heterocycles. The van der Waals surface area contributed by atoms with Crippen LogP contribution < -0.4 is 19.7 Å². The molecule has 1 aliphatic rings. The number of piperidine rings is 1. The molecule has 0 spiro atoms. The number of nitrogens with zero attached hydrogens (tertiary/aromatic N) is 2. The maximum absolute atomic E-state index is 12.5. The Labute approximate surface area is 147 Å². The van der Waals surface area contributed by atoms with E-state index in [2.05, 4.69) is 15.2 Å². The number of hydrogen-bond donors (Lipinski definition) is 1. The van der Waals surface area contributed by atoms with Crippen LogP contribution in [0.4, 0.5) is 11.5 Å². The molecule has 0 bridgehead atoms. The van der Waals surface area contributed by atoms with Crippen LogP contribution in [0.1, 0.15) is 29.8 Å². The summed E-state index contributed by atoms with van der Waals surface area (Å²) >= 11 is 0. The number of hydrogen-bond acceptors (Lipinski definition) is 5. The highest BCUT2D eigenvalue weighted by Gasteiger charge is 2.15. The lowest BCUT2D eigenvalue weighted by molar-refractivity contribution is 0.102. The molecule has 0 saturated carbocycles. The van der Waals surface area contributed by atoms with Crippen molar-refractivity contribution in [3.8, 4) is 11.5 Å². The van der Waals surface area contributed by atoms with Crippen molar-refractivity contribution in [2.45, 2.75) is 19.3 Å². The number of aromatic nitrogens is 1. The summed E-state index contributed by atoms with van der Waals surface area (Å²) in [5.41, 5.74) is 1.03. The quantitative estimate of drug-likeness (QED) is 0.904. The molecule has 0 aliphatic carbocycles. The maximum Gasteiger partial charge on any atom is 0.274 e. The summed E-state index contributed by atoms with van der Waals surface area (Å²) in [6.07, 6.45) is 3.60. The molecular weight excluding hydrogens is 318 g/mol. The van der Waals surface area contributed by atoms with Gasteiger partial charge in [0.05, 0.1) is 14.2 Å². The van der Waals surface area contributed by atoms with E-state index in [1.54, 1.807) is 38.5 Å². The Bertz CT molecular complexity index is 742. The molecule has 1 aromatic carbocycles. The number of carbonyl (C=O) groups excluding carboxylic acids is 1. The van der Waals surface area contributed by atoms with Crippen molar-refractivity contribution in [1.29, 1.82) is 0 Å². The highest BCUT2D eigenvalue weighted by Crippen LogP contribution is 2.30. The topological polar surface area (TPSA) is 63.7 Å². The lowest BCUT2D eigenvalue weighted by Gasteiger charge is -2.27. The van der Waals surface area contributed by atoms with E-state index < -0.39 is 0 Å². The van der Waals surface area contributed by atoms with Gasteiger partial charge < -0.3 is 19.7 Å². The third kappa shape index (κ3) is 4.02. The molecule has 6 heteroatoms. The molecule has 25 heavy (non-hydrogen) atoms. The Morgan fingerprint density at radius 3 is 2.52 bits per heavy atom. The first-order chi connectivity index (χ1) is 12.2. The normalized spacial score (nSPS) is 14.1. The zero-order valence-electron chi connectivity index (χ0n) is 14.6. The number of pyridine rings is 1. The van der Waals surface area contributed by atoms with Crippen LogP contribution in [0.2, 0.25) is 0 Å². The summed E-state index contributed by atoms with van der Waals surface area (Å²) in [6, 6.07) is 10.8.